The van der Waals surface area contributed by atoms with Crippen LogP contribution in [0, 0.1) is 0 Å². The van der Waals surface area contributed by atoms with Gasteiger partial charge < -0.3 is 5.48 Å². The Morgan fingerprint density at radius 3 is 1.00 bits per heavy atom. The van der Waals surface area contributed by atoms with Crippen molar-refractivity contribution in [2.24, 2.45) is 0 Å². The molecule has 0 N–H and O–H groups in total. The van der Waals surface area contributed by atoms with Crippen molar-refractivity contribution in [3.8, 4) is 0 Å². The zero-order valence-corrected chi connectivity index (χ0v) is 11.4. The first-order chi connectivity index (χ1) is 0. The molecular weight excluding hydrogens is 353 g/mol. The Balaban J connectivity index is 0. The average molecular weight is 353 g/mol. The summed E-state index contributed by atoms with van der Waals surface area (Å²) in [7, 11) is 0. The molecule has 1 nitrogen and oxygen atoms in total. The molecule has 0 fully saturated rings. The molecule has 2 radical (unpaired) electrons. The van der Waals surface area contributed by atoms with Crippen LogP contribution in [0.5, 0.6) is 0 Å². The summed E-state index contributed by atoms with van der Waals surface area (Å²) >= 11 is 0. The van der Waals surface area contributed by atoms with Crippen molar-refractivity contribution in [1.82, 2.24) is 0 Å². The predicted molar refractivity (Wildman–Crippen MR) is 17.9 cm³/mol. The Labute approximate surface area is 112 Å². The third kappa shape index (κ3) is 9.13. The van der Waals surface area contributed by atoms with Gasteiger partial charge in [-0.05, 0) is 0 Å². The van der Waals surface area contributed by atoms with E-state index in [1.165, 1.54) is 0 Å². The van der Waals surface area contributed by atoms with E-state index in [4.69, 9.17) is 0 Å². The molecule has 0 unspecified atom stereocenters. The topological polar surface area (TPSA) is 28.5 Å². The van der Waals surface area contributed by atoms with Gasteiger partial charge >= 0.3 is 109 Å². The molecule has 0 aromatic carbocycles. The third-order valence-corrected chi connectivity index (χ3v) is 0. The van der Waals surface area contributed by atoms with Crippen LogP contribution < -0.4 is 0 Å². The Morgan fingerprint density at radius 2 is 1.00 bits per heavy atom. The van der Waals surface area contributed by atoms with Crippen LogP contribution >= 0.6 is 0 Å². The molecule has 0 bridgehead atoms. The summed E-state index contributed by atoms with van der Waals surface area (Å²) in [5, 5.41) is 0. The van der Waals surface area contributed by atoms with E-state index in [-0.39, 0.29) is 115 Å². The first-order valence-corrected chi connectivity index (χ1v) is 0. The maximum absolute atomic E-state index is 0. The molecule has 4 heteroatoms. The van der Waals surface area contributed by atoms with Gasteiger partial charge in [0.15, 0.2) is 0 Å². The zero-order valence-electron chi connectivity index (χ0n) is 2.27. The van der Waals surface area contributed by atoms with Crippen molar-refractivity contribution in [3.05, 3.63) is 0 Å². The number of rotatable bonds is 0. The van der Waals surface area contributed by atoms with Gasteiger partial charge in [-0.3, -0.25) is 0 Å². The van der Waals surface area contributed by atoms with E-state index in [1.54, 1.807) is 0 Å². The molecule has 0 heterocycles. The largest absolute Gasteiger partial charge is 3.00 e. The van der Waals surface area contributed by atoms with E-state index in [1.807, 2.05) is 0 Å². The van der Waals surface area contributed by atoms with Crippen molar-refractivity contribution >= 4 is 109 Å². The molecule has 0 saturated carbocycles. The summed E-state index contributed by atoms with van der Waals surface area (Å²) in [6.45, 7) is 0. The van der Waals surface area contributed by atoms with E-state index in [0.29, 0.717) is 0 Å². The van der Waals surface area contributed by atoms with Gasteiger partial charge in [0.1, 0.15) is 0 Å². The van der Waals surface area contributed by atoms with Crippen LogP contribution in [-0.2, 0) is 5.48 Å². The molecular formula is BiCaOSr+5. The van der Waals surface area contributed by atoms with Gasteiger partial charge in [-0.2, -0.15) is 0 Å². The van der Waals surface area contributed by atoms with Crippen LogP contribution in [0.4, 0.5) is 0 Å². The minimum atomic E-state index is 0. The molecule has 0 aliphatic heterocycles. The maximum Gasteiger partial charge on any atom is 3.00 e. The van der Waals surface area contributed by atoms with Crippen molar-refractivity contribution < 1.29 is 5.48 Å². The summed E-state index contributed by atoms with van der Waals surface area (Å²) in [6.07, 6.45) is 0. The quantitative estimate of drug-likeness (QED) is 0.487. The zero-order chi connectivity index (χ0) is 0. The molecule has 0 rings (SSSR count). The summed E-state index contributed by atoms with van der Waals surface area (Å²) in [6, 6.07) is 0. The van der Waals surface area contributed by atoms with E-state index in [9.17, 15) is 0 Å². The van der Waals surface area contributed by atoms with Gasteiger partial charge in [-0.25, -0.2) is 0 Å². The van der Waals surface area contributed by atoms with Gasteiger partial charge in [0.2, 0.25) is 0 Å². The van der Waals surface area contributed by atoms with Crippen LogP contribution in [0.15, 0.2) is 0 Å². The van der Waals surface area contributed by atoms with Crippen LogP contribution in [0.3, 0.4) is 0 Å². The van der Waals surface area contributed by atoms with Crippen LogP contribution in [-0.4, -0.2) is 109 Å². The average Bonchev–Trinajstić information content (AvgIpc) is 0. The van der Waals surface area contributed by atoms with Crippen LogP contribution in [0.1, 0.15) is 0 Å². The second-order valence-electron chi connectivity index (χ2n) is 0. The fraction of sp³-hybridized carbons (Fsp3) is 0. The van der Waals surface area contributed by atoms with Gasteiger partial charge in [0.25, 0.3) is 0 Å². The minimum Gasteiger partial charge on any atom is -2.00 e. The molecule has 0 aromatic heterocycles. The molecule has 10 valence electrons. The monoisotopic (exact) mass is 353 g/mol. The molecule has 0 amide bonds. The molecule has 0 aliphatic rings. The maximum atomic E-state index is 0. The van der Waals surface area contributed by atoms with Gasteiger partial charge in [-0.1, -0.05) is 0 Å². The summed E-state index contributed by atoms with van der Waals surface area (Å²) in [5.41, 5.74) is 0. The molecule has 0 saturated heterocycles. The van der Waals surface area contributed by atoms with Gasteiger partial charge in [-0.15, -0.1) is 0 Å². The number of hydrogen-bond acceptors (Lipinski definition) is 0. The summed E-state index contributed by atoms with van der Waals surface area (Å²) < 4.78 is 0. The smallest absolute Gasteiger partial charge is 2.00 e. The van der Waals surface area contributed by atoms with Crippen molar-refractivity contribution in [2.45, 2.75) is 0 Å². The molecule has 0 aromatic rings. The van der Waals surface area contributed by atoms with Crippen LogP contribution in [0.2, 0.25) is 0 Å². The molecule has 0 aliphatic carbocycles. The predicted octanol–water partition coefficient (Wildman–Crippen LogP) is -1.26. The second-order valence-corrected chi connectivity index (χ2v) is 0. The molecule has 0 spiro atoms. The summed E-state index contributed by atoms with van der Waals surface area (Å²) in [5.74, 6) is 0. The molecule has 4 heavy (non-hydrogen) atoms. The molecule has 0 atom stereocenters. The van der Waals surface area contributed by atoms with Crippen molar-refractivity contribution in [1.29, 1.82) is 0 Å². The SMILES string of the molecule is [Bi+3].[Ca+2].[O-2].[Sr+2]. The Bertz CT molecular complexity index is 8.00. The first-order valence-electron chi connectivity index (χ1n) is 0. The Hall–Kier alpha value is 3.58. The Kier molecular flexibility index (Phi) is 102. The fourth-order valence-corrected chi connectivity index (χ4v) is 0. The second kappa shape index (κ2) is 16.0. The first kappa shape index (κ1) is 25.6. The van der Waals surface area contributed by atoms with Crippen LogP contribution in [0.25, 0.3) is 0 Å². The fourth-order valence-electron chi connectivity index (χ4n) is 0. The van der Waals surface area contributed by atoms with E-state index in [0.717, 1.165) is 0 Å². The van der Waals surface area contributed by atoms with Gasteiger partial charge in [0.05, 0.1) is 0 Å². The van der Waals surface area contributed by atoms with E-state index in [2.05, 4.69) is 0 Å². The Morgan fingerprint density at radius 1 is 1.00 bits per heavy atom. The van der Waals surface area contributed by atoms with E-state index >= 15 is 0 Å². The third-order valence-electron chi connectivity index (χ3n) is 0. The van der Waals surface area contributed by atoms with E-state index < -0.39 is 0 Å². The normalized spacial score (nSPS) is 0. The minimum absolute atomic E-state index is 0. The van der Waals surface area contributed by atoms with Crippen molar-refractivity contribution in [2.75, 3.05) is 0 Å². The number of hydrogen-bond donors (Lipinski definition) is 0. The van der Waals surface area contributed by atoms with Crippen molar-refractivity contribution in [3.63, 3.8) is 0 Å². The summed E-state index contributed by atoms with van der Waals surface area (Å²) in [4.78, 5) is 0. The standard InChI is InChI=1S/Bi.Ca.O.Sr/q+3;+2;-2;+2. The van der Waals surface area contributed by atoms with Gasteiger partial charge in [0, 0.05) is 0 Å².